The molecule has 0 fully saturated rings. The van der Waals surface area contributed by atoms with E-state index in [4.69, 9.17) is 9.47 Å². The molecule has 130 valence electrons. The Hall–Kier alpha value is -1.27. The van der Waals surface area contributed by atoms with Gasteiger partial charge in [0.2, 0.25) is 5.91 Å². The zero-order valence-electron chi connectivity index (χ0n) is 14.6. The highest BCUT2D eigenvalue weighted by Gasteiger charge is 2.14. The summed E-state index contributed by atoms with van der Waals surface area (Å²) < 4.78 is 12.2. The van der Waals surface area contributed by atoms with Crippen LogP contribution in [0, 0.1) is 0 Å². The van der Waals surface area contributed by atoms with Crippen molar-refractivity contribution in [1.82, 2.24) is 10.2 Å². The van der Waals surface area contributed by atoms with Crippen LogP contribution in [0.4, 0.5) is 0 Å². The van der Waals surface area contributed by atoms with Gasteiger partial charge in [0, 0.05) is 17.1 Å². The largest absolute Gasteiger partial charge is 0.490 e. The minimum Gasteiger partial charge on any atom is -0.490 e. The second kappa shape index (κ2) is 9.78. The topological polar surface area (TPSA) is 50.8 Å². The van der Waals surface area contributed by atoms with Gasteiger partial charge in [-0.15, -0.1) is 0 Å². The number of ether oxygens (including phenoxy) is 2. The molecule has 1 rings (SSSR count). The normalized spacial score (nSPS) is 11.0. The third-order valence-corrected chi connectivity index (χ3v) is 3.75. The van der Waals surface area contributed by atoms with Gasteiger partial charge >= 0.3 is 0 Å². The van der Waals surface area contributed by atoms with Gasteiger partial charge < -0.3 is 14.8 Å². The minimum atomic E-state index is 0.0228. The first-order valence-corrected chi connectivity index (χ1v) is 8.72. The van der Waals surface area contributed by atoms with Gasteiger partial charge in [-0.25, -0.2) is 0 Å². The van der Waals surface area contributed by atoms with Gasteiger partial charge in [0.05, 0.1) is 19.8 Å². The molecular weight excluding hydrogens is 360 g/mol. The minimum absolute atomic E-state index is 0.0228. The molecule has 0 saturated heterocycles. The summed E-state index contributed by atoms with van der Waals surface area (Å²) in [6, 6.07) is 4.04. The quantitative estimate of drug-likeness (QED) is 0.707. The van der Waals surface area contributed by atoms with E-state index >= 15 is 0 Å². The molecule has 1 N–H and O–H groups in total. The van der Waals surface area contributed by atoms with E-state index < -0.39 is 0 Å². The van der Waals surface area contributed by atoms with Crippen molar-refractivity contribution in [3.05, 3.63) is 22.2 Å². The van der Waals surface area contributed by atoms with Crippen LogP contribution in [-0.4, -0.2) is 43.7 Å². The number of halogens is 1. The number of likely N-dealkylation sites (N-methyl/N-ethyl adjacent to an activating group) is 1. The van der Waals surface area contributed by atoms with Gasteiger partial charge in [-0.3, -0.25) is 9.69 Å². The molecule has 0 aromatic heterocycles. The smallest absolute Gasteiger partial charge is 0.234 e. The molecule has 5 nitrogen and oxygen atoms in total. The van der Waals surface area contributed by atoms with Crippen molar-refractivity contribution in [2.75, 3.05) is 26.8 Å². The van der Waals surface area contributed by atoms with Gasteiger partial charge in [-0.2, -0.15) is 0 Å². The SMILES string of the molecule is CCOc1cc(Br)c(CN(C)CC(=O)NC(C)C)cc1OCC. The van der Waals surface area contributed by atoms with Crippen LogP contribution in [-0.2, 0) is 11.3 Å². The Morgan fingerprint density at radius 2 is 1.78 bits per heavy atom. The number of amides is 1. The number of carbonyl (C=O) groups is 1. The Morgan fingerprint density at radius 3 is 2.30 bits per heavy atom. The number of nitrogens with one attached hydrogen (secondary N) is 1. The average molecular weight is 387 g/mol. The van der Waals surface area contributed by atoms with E-state index in [1.807, 2.05) is 51.8 Å². The first kappa shape index (κ1) is 19.8. The molecule has 0 saturated carbocycles. The maximum absolute atomic E-state index is 11.8. The Kier molecular flexibility index (Phi) is 8.41. The number of rotatable bonds is 9. The van der Waals surface area contributed by atoms with Crippen molar-refractivity contribution in [1.29, 1.82) is 0 Å². The fourth-order valence-electron chi connectivity index (χ4n) is 2.19. The lowest BCUT2D eigenvalue weighted by Crippen LogP contribution is -2.38. The van der Waals surface area contributed by atoms with E-state index in [0.29, 0.717) is 26.3 Å². The maximum atomic E-state index is 11.8. The van der Waals surface area contributed by atoms with E-state index in [-0.39, 0.29) is 11.9 Å². The summed E-state index contributed by atoms with van der Waals surface area (Å²) in [7, 11) is 1.92. The van der Waals surface area contributed by atoms with Crippen molar-refractivity contribution in [3.8, 4) is 11.5 Å². The van der Waals surface area contributed by atoms with Gasteiger partial charge in [-0.1, -0.05) is 15.9 Å². The summed E-state index contributed by atoms with van der Waals surface area (Å²) in [6.07, 6.45) is 0. The molecular formula is C17H27BrN2O3. The van der Waals surface area contributed by atoms with Crippen LogP contribution in [0.1, 0.15) is 33.3 Å². The molecule has 1 aromatic carbocycles. The molecule has 0 bridgehead atoms. The summed E-state index contributed by atoms with van der Waals surface area (Å²) >= 11 is 3.57. The molecule has 0 aliphatic heterocycles. The molecule has 0 heterocycles. The zero-order valence-corrected chi connectivity index (χ0v) is 16.2. The van der Waals surface area contributed by atoms with Crippen molar-refractivity contribution < 1.29 is 14.3 Å². The first-order chi connectivity index (χ1) is 10.9. The Bertz CT molecular complexity index is 521. The van der Waals surface area contributed by atoms with Crippen LogP contribution >= 0.6 is 15.9 Å². The van der Waals surface area contributed by atoms with Gasteiger partial charge in [-0.05, 0) is 52.4 Å². The number of hydrogen-bond donors (Lipinski definition) is 1. The maximum Gasteiger partial charge on any atom is 0.234 e. The fraction of sp³-hybridized carbons (Fsp3) is 0.588. The molecule has 23 heavy (non-hydrogen) atoms. The van der Waals surface area contributed by atoms with Crippen molar-refractivity contribution in [3.63, 3.8) is 0 Å². The predicted molar refractivity (Wildman–Crippen MR) is 96.1 cm³/mol. The third-order valence-electron chi connectivity index (χ3n) is 3.02. The van der Waals surface area contributed by atoms with E-state index in [1.54, 1.807) is 0 Å². The Morgan fingerprint density at radius 1 is 1.22 bits per heavy atom. The predicted octanol–water partition coefficient (Wildman–Crippen LogP) is 3.20. The second-order valence-electron chi connectivity index (χ2n) is 5.65. The summed E-state index contributed by atoms with van der Waals surface area (Å²) in [5, 5.41) is 2.89. The van der Waals surface area contributed by atoms with E-state index in [0.717, 1.165) is 21.5 Å². The average Bonchev–Trinajstić information content (AvgIpc) is 2.43. The monoisotopic (exact) mass is 386 g/mol. The van der Waals surface area contributed by atoms with Crippen LogP contribution in [0.15, 0.2) is 16.6 Å². The number of carbonyl (C=O) groups excluding carboxylic acids is 1. The molecule has 0 unspecified atom stereocenters. The van der Waals surface area contributed by atoms with E-state index in [1.165, 1.54) is 0 Å². The zero-order chi connectivity index (χ0) is 17.4. The van der Waals surface area contributed by atoms with Crippen molar-refractivity contribution in [2.45, 2.75) is 40.3 Å². The number of nitrogens with zero attached hydrogens (tertiary/aromatic N) is 1. The van der Waals surface area contributed by atoms with Crippen molar-refractivity contribution in [2.24, 2.45) is 0 Å². The van der Waals surface area contributed by atoms with Gasteiger partial charge in [0.1, 0.15) is 0 Å². The second-order valence-corrected chi connectivity index (χ2v) is 6.51. The van der Waals surface area contributed by atoms with Crippen LogP contribution in [0.2, 0.25) is 0 Å². The lowest BCUT2D eigenvalue weighted by Gasteiger charge is -2.20. The highest BCUT2D eigenvalue weighted by Crippen LogP contribution is 2.34. The molecule has 1 aromatic rings. The highest BCUT2D eigenvalue weighted by atomic mass is 79.9. The Balaban J connectivity index is 2.82. The van der Waals surface area contributed by atoms with E-state index in [9.17, 15) is 4.79 Å². The fourth-order valence-corrected chi connectivity index (χ4v) is 2.64. The van der Waals surface area contributed by atoms with Crippen LogP contribution in [0.25, 0.3) is 0 Å². The molecule has 0 aliphatic carbocycles. The van der Waals surface area contributed by atoms with Crippen molar-refractivity contribution >= 4 is 21.8 Å². The first-order valence-electron chi connectivity index (χ1n) is 7.93. The van der Waals surface area contributed by atoms with E-state index in [2.05, 4.69) is 21.2 Å². The standard InChI is InChI=1S/C17H27BrN2O3/c1-6-22-15-8-13(14(18)9-16(15)23-7-2)10-20(5)11-17(21)19-12(3)4/h8-9,12H,6-7,10-11H2,1-5H3,(H,19,21). The van der Waals surface area contributed by atoms with Crippen LogP contribution in [0.5, 0.6) is 11.5 Å². The number of benzene rings is 1. The molecule has 0 radical (unpaired) electrons. The lowest BCUT2D eigenvalue weighted by atomic mass is 10.2. The van der Waals surface area contributed by atoms with Crippen LogP contribution in [0.3, 0.4) is 0 Å². The summed E-state index contributed by atoms with van der Waals surface area (Å²) in [5.41, 5.74) is 1.05. The molecule has 0 atom stereocenters. The van der Waals surface area contributed by atoms with Gasteiger partial charge in [0.15, 0.2) is 11.5 Å². The summed E-state index contributed by atoms with van der Waals surface area (Å²) in [6.45, 7) is 9.94. The highest BCUT2D eigenvalue weighted by molar-refractivity contribution is 9.10. The summed E-state index contributed by atoms with van der Waals surface area (Å²) in [4.78, 5) is 13.8. The lowest BCUT2D eigenvalue weighted by molar-refractivity contribution is -0.122. The molecule has 0 spiro atoms. The van der Waals surface area contributed by atoms with Gasteiger partial charge in [0.25, 0.3) is 0 Å². The number of hydrogen-bond acceptors (Lipinski definition) is 4. The third kappa shape index (κ3) is 6.79. The molecule has 1 amide bonds. The van der Waals surface area contributed by atoms with Crippen LogP contribution < -0.4 is 14.8 Å². The molecule has 6 heteroatoms. The molecule has 0 aliphatic rings. The summed E-state index contributed by atoms with van der Waals surface area (Å²) in [5.74, 6) is 1.48. The Labute approximate surface area is 147 Å².